The van der Waals surface area contributed by atoms with E-state index in [-0.39, 0.29) is 5.91 Å². The van der Waals surface area contributed by atoms with E-state index in [2.05, 4.69) is 46.5 Å². The molecule has 0 spiro atoms. The summed E-state index contributed by atoms with van der Waals surface area (Å²) in [6.45, 7) is 9.82. The zero-order valence-electron chi connectivity index (χ0n) is 15.0. The smallest absolute Gasteiger partial charge is 0.237 e. The number of amides is 1. The van der Waals surface area contributed by atoms with Gasteiger partial charge in [-0.2, -0.15) is 5.10 Å². The summed E-state index contributed by atoms with van der Waals surface area (Å²) in [5.41, 5.74) is 0.769. The average Bonchev–Trinajstić information content (AvgIpc) is 2.96. The maximum Gasteiger partial charge on any atom is 0.237 e. The first-order valence-corrected chi connectivity index (χ1v) is 9.86. The van der Waals surface area contributed by atoms with Gasteiger partial charge in [-0.1, -0.05) is 32.5 Å². The summed E-state index contributed by atoms with van der Waals surface area (Å²) in [6.07, 6.45) is 1.77. The summed E-state index contributed by atoms with van der Waals surface area (Å²) in [5, 5.41) is 11.6. The van der Waals surface area contributed by atoms with Crippen molar-refractivity contribution < 1.29 is 4.79 Å². The number of nitrogens with one attached hydrogen (secondary N) is 2. The Morgan fingerprint density at radius 2 is 2.12 bits per heavy atom. The molecule has 0 radical (unpaired) electrons. The number of hydrogen-bond acceptors (Lipinski definition) is 6. The maximum absolute atomic E-state index is 11.6. The Kier molecular flexibility index (Phi) is 7.31. The second-order valence-electron chi connectivity index (χ2n) is 6.07. The number of alkyl halides is 1. The van der Waals surface area contributed by atoms with Gasteiger partial charge in [0.1, 0.15) is 11.2 Å². The van der Waals surface area contributed by atoms with Crippen molar-refractivity contribution >= 4 is 46.1 Å². The van der Waals surface area contributed by atoms with E-state index in [1.165, 1.54) is 0 Å². The normalized spacial score (nSPS) is 12.6. The molecular formula is C16H25ClN6OS. The van der Waals surface area contributed by atoms with Crippen LogP contribution in [0.25, 0.3) is 11.0 Å². The molecule has 0 fully saturated rings. The minimum absolute atomic E-state index is 0.186. The van der Waals surface area contributed by atoms with Gasteiger partial charge in [-0.3, -0.25) is 4.79 Å². The van der Waals surface area contributed by atoms with Crippen LogP contribution >= 0.6 is 23.4 Å². The first-order chi connectivity index (χ1) is 11.9. The predicted molar refractivity (Wildman–Crippen MR) is 103 cm³/mol. The first kappa shape index (κ1) is 19.8. The van der Waals surface area contributed by atoms with Crippen molar-refractivity contribution in [2.45, 2.75) is 44.8 Å². The third-order valence-electron chi connectivity index (χ3n) is 3.41. The molecule has 1 unspecified atom stereocenters. The second kappa shape index (κ2) is 9.24. The van der Waals surface area contributed by atoms with Gasteiger partial charge in [0.25, 0.3) is 0 Å². The molecule has 0 aliphatic rings. The first-order valence-electron chi connectivity index (χ1n) is 8.44. The number of thioether (sulfide) groups is 1. The van der Waals surface area contributed by atoms with Gasteiger partial charge in [-0.15, -0.1) is 11.6 Å². The summed E-state index contributed by atoms with van der Waals surface area (Å²) in [4.78, 5) is 20.8. The van der Waals surface area contributed by atoms with Gasteiger partial charge >= 0.3 is 0 Å². The van der Waals surface area contributed by atoms with E-state index in [4.69, 9.17) is 11.6 Å². The Hall–Kier alpha value is -1.54. The Morgan fingerprint density at radius 1 is 1.36 bits per heavy atom. The third-order valence-corrected chi connectivity index (χ3v) is 4.34. The van der Waals surface area contributed by atoms with E-state index >= 15 is 0 Å². The summed E-state index contributed by atoms with van der Waals surface area (Å²) in [7, 11) is 0. The van der Waals surface area contributed by atoms with E-state index < -0.39 is 5.38 Å². The van der Waals surface area contributed by atoms with Gasteiger partial charge in [-0.05, 0) is 18.6 Å². The molecule has 0 aliphatic heterocycles. The van der Waals surface area contributed by atoms with E-state index in [1.807, 2.05) is 0 Å². The Labute approximate surface area is 157 Å². The van der Waals surface area contributed by atoms with Gasteiger partial charge in [0.05, 0.1) is 18.1 Å². The molecule has 0 saturated carbocycles. The lowest BCUT2D eigenvalue weighted by Gasteiger charge is -2.11. The van der Waals surface area contributed by atoms with Crippen molar-refractivity contribution in [3.63, 3.8) is 0 Å². The summed E-state index contributed by atoms with van der Waals surface area (Å²) in [6, 6.07) is 0. The summed E-state index contributed by atoms with van der Waals surface area (Å²) < 4.78 is 1.79. The van der Waals surface area contributed by atoms with Gasteiger partial charge in [0.2, 0.25) is 5.91 Å². The van der Waals surface area contributed by atoms with E-state index in [0.717, 1.165) is 34.3 Å². The number of anilines is 1. The molecule has 7 nitrogen and oxygen atoms in total. The van der Waals surface area contributed by atoms with Crippen molar-refractivity contribution in [1.29, 1.82) is 0 Å². The molecule has 1 atom stereocenters. The standard InChI is InChI=1S/C16H25ClN6OS/c1-5-25-16-21-13(19-8-10(2)3)12-9-20-23(14(12)22-16)7-6-18-15(24)11(4)17/h9-11H,5-8H2,1-4H3,(H,18,24)(H,19,21,22). The Morgan fingerprint density at radius 3 is 2.76 bits per heavy atom. The fourth-order valence-corrected chi connectivity index (χ4v) is 2.80. The van der Waals surface area contributed by atoms with Crippen LogP contribution in [0.4, 0.5) is 5.82 Å². The highest BCUT2D eigenvalue weighted by molar-refractivity contribution is 7.99. The predicted octanol–water partition coefficient (Wildman–Crippen LogP) is 2.75. The molecule has 0 aromatic carbocycles. The number of carbonyl (C=O) groups is 1. The molecule has 2 N–H and O–H groups in total. The van der Waals surface area contributed by atoms with Crippen LogP contribution < -0.4 is 10.6 Å². The molecule has 9 heteroatoms. The largest absolute Gasteiger partial charge is 0.369 e. The van der Waals surface area contributed by atoms with E-state index in [0.29, 0.717) is 19.0 Å². The highest BCUT2D eigenvalue weighted by atomic mass is 35.5. The van der Waals surface area contributed by atoms with Gasteiger partial charge in [-0.25, -0.2) is 14.6 Å². The molecule has 2 aromatic heterocycles. The maximum atomic E-state index is 11.6. The Bertz CT molecular complexity index is 718. The molecular weight excluding hydrogens is 360 g/mol. The third kappa shape index (κ3) is 5.47. The van der Waals surface area contributed by atoms with Crippen molar-refractivity contribution in [1.82, 2.24) is 25.1 Å². The minimum Gasteiger partial charge on any atom is -0.369 e. The Balaban J connectivity index is 2.22. The number of nitrogens with zero attached hydrogens (tertiary/aromatic N) is 4. The molecule has 0 saturated heterocycles. The van der Waals surface area contributed by atoms with Crippen molar-refractivity contribution in [2.75, 3.05) is 24.2 Å². The quantitative estimate of drug-likeness (QED) is 0.393. The molecule has 0 aliphatic carbocycles. The highest BCUT2D eigenvalue weighted by Gasteiger charge is 2.14. The fraction of sp³-hybridized carbons (Fsp3) is 0.625. The van der Waals surface area contributed by atoms with Crippen LogP contribution in [0.5, 0.6) is 0 Å². The van der Waals surface area contributed by atoms with Gasteiger partial charge in [0.15, 0.2) is 10.8 Å². The van der Waals surface area contributed by atoms with Crippen molar-refractivity contribution in [3.8, 4) is 0 Å². The lowest BCUT2D eigenvalue weighted by Crippen LogP contribution is -2.32. The van der Waals surface area contributed by atoms with Gasteiger partial charge in [0, 0.05) is 13.1 Å². The fourth-order valence-electron chi connectivity index (χ4n) is 2.15. The number of rotatable bonds is 9. The number of hydrogen-bond donors (Lipinski definition) is 2. The van der Waals surface area contributed by atoms with Crippen LogP contribution in [0.3, 0.4) is 0 Å². The number of aromatic nitrogens is 4. The molecule has 138 valence electrons. The summed E-state index contributed by atoms with van der Waals surface area (Å²) >= 11 is 7.35. The molecule has 2 aromatic rings. The van der Waals surface area contributed by atoms with Crippen LogP contribution in [0.15, 0.2) is 11.4 Å². The summed E-state index contributed by atoms with van der Waals surface area (Å²) in [5.74, 6) is 2.02. The van der Waals surface area contributed by atoms with E-state index in [9.17, 15) is 4.79 Å². The van der Waals surface area contributed by atoms with E-state index in [1.54, 1.807) is 29.6 Å². The molecule has 25 heavy (non-hydrogen) atoms. The van der Waals surface area contributed by atoms with Crippen LogP contribution in [0, 0.1) is 5.92 Å². The van der Waals surface area contributed by atoms with Crippen molar-refractivity contribution in [3.05, 3.63) is 6.20 Å². The topological polar surface area (TPSA) is 84.7 Å². The minimum atomic E-state index is -0.545. The zero-order valence-corrected chi connectivity index (χ0v) is 16.6. The van der Waals surface area contributed by atoms with Gasteiger partial charge < -0.3 is 10.6 Å². The highest BCUT2D eigenvalue weighted by Crippen LogP contribution is 2.24. The molecule has 0 bridgehead atoms. The van der Waals surface area contributed by atoms with Crippen LogP contribution in [0.2, 0.25) is 0 Å². The monoisotopic (exact) mass is 384 g/mol. The lowest BCUT2D eigenvalue weighted by molar-refractivity contribution is -0.120. The van der Waals surface area contributed by atoms with Crippen LogP contribution in [0.1, 0.15) is 27.7 Å². The molecule has 2 heterocycles. The number of fused-ring (bicyclic) bond motifs is 1. The van der Waals surface area contributed by atoms with Crippen LogP contribution in [-0.4, -0.2) is 49.9 Å². The number of halogens is 1. The molecule has 2 rings (SSSR count). The second-order valence-corrected chi connectivity index (χ2v) is 7.96. The van der Waals surface area contributed by atoms with Crippen LogP contribution in [-0.2, 0) is 11.3 Å². The SMILES string of the molecule is CCSc1nc(NCC(C)C)c2cnn(CCNC(=O)C(C)Cl)c2n1. The zero-order chi connectivity index (χ0) is 18.4. The van der Waals surface area contributed by atoms with Crippen molar-refractivity contribution in [2.24, 2.45) is 5.92 Å². The average molecular weight is 385 g/mol. The molecule has 1 amide bonds. The number of carbonyl (C=O) groups excluding carboxylic acids is 1. The lowest BCUT2D eigenvalue weighted by atomic mass is 10.2.